The largest absolute Gasteiger partial charge is 0.390 e. The molecule has 1 saturated heterocycles. The summed E-state index contributed by atoms with van der Waals surface area (Å²) in [5.41, 5.74) is 1.61. The van der Waals surface area contributed by atoms with Crippen LogP contribution in [0.1, 0.15) is 49.5 Å². The number of amides is 1. The normalized spacial score (nSPS) is 24.3. The van der Waals surface area contributed by atoms with Crippen molar-refractivity contribution in [2.45, 2.75) is 44.8 Å². The fraction of sp³-hybridized carbons (Fsp3) is 0.692. The molecule has 1 aliphatic carbocycles. The Balaban J connectivity index is 1.75. The molecule has 3 rings (SSSR count). The molecule has 1 saturated carbocycles. The van der Waals surface area contributed by atoms with E-state index in [-0.39, 0.29) is 18.6 Å². The molecule has 18 heavy (non-hydrogen) atoms. The highest BCUT2D eigenvalue weighted by molar-refractivity contribution is 5.80. The summed E-state index contributed by atoms with van der Waals surface area (Å²) in [6, 6.07) is 1.98. The Morgan fingerprint density at radius 2 is 2.28 bits per heavy atom. The Hall–Kier alpha value is -1.36. The summed E-state index contributed by atoms with van der Waals surface area (Å²) in [7, 11) is 0. The molecule has 1 aromatic rings. The molecule has 1 aromatic heterocycles. The summed E-state index contributed by atoms with van der Waals surface area (Å²) in [5.74, 6) is 0.555. The van der Waals surface area contributed by atoms with Gasteiger partial charge in [-0.05, 0) is 31.7 Å². The van der Waals surface area contributed by atoms with Gasteiger partial charge in [-0.25, -0.2) is 0 Å². The Bertz CT molecular complexity index is 439. The Morgan fingerprint density at radius 3 is 2.89 bits per heavy atom. The average Bonchev–Trinajstić information content (AvgIpc) is 2.95. The minimum absolute atomic E-state index is 0.0315. The number of aromatic nitrogens is 2. The topological polar surface area (TPSA) is 69.2 Å². The second-order valence-electron chi connectivity index (χ2n) is 5.29. The number of H-pyrrole nitrogens is 1. The predicted molar refractivity (Wildman–Crippen MR) is 65.5 cm³/mol. The van der Waals surface area contributed by atoms with E-state index in [1.54, 1.807) is 0 Å². The van der Waals surface area contributed by atoms with Crippen molar-refractivity contribution >= 4 is 5.91 Å². The van der Waals surface area contributed by atoms with Crippen molar-refractivity contribution in [3.63, 3.8) is 0 Å². The highest BCUT2D eigenvalue weighted by atomic mass is 16.3. The zero-order valence-corrected chi connectivity index (χ0v) is 10.4. The molecular weight excluding hydrogens is 230 g/mol. The molecule has 1 aliphatic heterocycles. The first kappa shape index (κ1) is 11.7. The van der Waals surface area contributed by atoms with Crippen LogP contribution in [0.25, 0.3) is 0 Å². The molecule has 2 aliphatic rings. The van der Waals surface area contributed by atoms with Crippen molar-refractivity contribution < 1.29 is 9.90 Å². The molecule has 5 heteroatoms. The van der Waals surface area contributed by atoms with Gasteiger partial charge in [0.1, 0.15) is 0 Å². The molecule has 2 fully saturated rings. The van der Waals surface area contributed by atoms with Crippen molar-refractivity contribution in [1.29, 1.82) is 0 Å². The van der Waals surface area contributed by atoms with Crippen molar-refractivity contribution in [2.75, 3.05) is 6.54 Å². The van der Waals surface area contributed by atoms with Crippen LogP contribution in [0.2, 0.25) is 0 Å². The lowest BCUT2D eigenvalue weighted by Gasteiger charge is -2.32. The minimum Gasteiger partial charge on any atom is -0.390 e. The van der Waals surface area contributed by atoms with Crippen LogP contribution in [0.4, 0.5) is 0 Å². The number of nitrogens with zero attached hydrogens (tertiary/aromatic N) is 2. The van der Waals surface area contributed by atoms with Gasteiger partial charge in [0.05, 0.1) is 24.0 Å². The van der Waals surface area contributed by atoms with Gasteiger partial charge >= 0.3 is 0 Å². The van der Waals surface area contributed by atoms with E-state index in [1.807, 2.05) is 11.0 Å². The van der Waals surface area contributed by atoms with Gasteiger partial charge in [0, 0.05) is 12.5 Å². The molecule has 2 heterocycles. The lowest BCUT2D eigenvalue weighted by atomic mass is 9.84. The number of aromatic amines is 1. The molecule has 2 N–H and O–H groups in total. The molecular formula is C13H19N3O2. The first-order valence-corrected chi connectivity index (χ1v) is 6.75. The highest BCUT2D eigenvalue weighted by Crippen LogP contribution is 2.36. The van der Waals surface area contributed by atoms with Gasteiger partial charge in [0.2, 0.25) is 5.91 Å². The lowest BCUT2D eigenvalue weighted by Crippen LogP contribution is -2.38. The number of rotatable bonds is 3. The van der Waals surface area contributed by atoms with Crippen LogP contribution in [0, 0.1) is 5.92 Å². The molecule has 98 valence electrons. The summed E-state index contributed by atoms with van der Waals surface area (Å²) < 4.78 is 0. The maximum absolute atomic E-state index is 12.3. The third-order valence-corrected chi connectivity index (χ3v) is 4.15. The number of aliphatic hydroxyl groups is 1. The zero-order chi connectivity index (χ0) is 12.5. The molecule has 0 aromatic carbocycles. The van der Waals surface area contributed by atoms with Crippen LogP contribution < -0.4 is 0 Å². The third kappa shape index (κ3) is 1.92. The summed E-state index contributed by atoms with van der Waals surface area (Å²) in [4.78, 5) is 14.3. The Labute approximate surface area is 106 Å². The molecule has 1 amide bonds. The van der Waals surface area contributed by atoms with E-state index >= 15 is 0 Å². The standard InChI is InChI=1S/C13H19N3O2/c17-8-10-7-11(15-14-10)12-5-2-6-16(12)13(18)9-3-1-4-9/h7,9,12,17H,1-6,8H2,(H,14,15)/t12-/m1/s1. The number of nitrogens with one attached hydrogen (secondary N) is 1. The molecule has 0 unspecified atom stereocenters. The Morgan fingerprint density at radius 1 is 1.44 bits per heavy atom. The summed E-state index contributed by atoms with van der Waals surface area (Å²) >= 11 is 0. The lowest BCUT2D eigenvalue weighted by molar-refractivity contribution is -0.139. The van der Waals surface area contributed by atoms with Crippen LogP contribution in [0.5, 0.6) is 0 Å². The average molecular weight is 249 g/mol. The van der Waals surface area contributed by atoms with Gasteiger partial charge in [-0.2, -0.15) is 5.10 Å². The van der Waals surface area contributed by atoms with Gasteiger partial charge in [-0.15, -0.1) is 0 Å². The molecule has 0 bridgehead atoms. The number of carbonyl (C=O) groups excluding carboxylic acids is 1. The maximum atomic E-state index is 12.3. The van der Waals surface area contributed by atoms with Crippen LogP contribution in [-0.2, 0) is 11.4 Å². The summed E-state index contributed by atoms with van der Waals surface area (Å²) in [6.45, 7) is 0.817. The van der Waals surface area contributed by atoms with Gasteiger partial charge in [-0.3, -0.25) is 9.89 Å². The van der Waals surface area contributed by atoms with Crippen molar-refractivity contribution in [2.24, 2.45) is 5.92 Å². The van der Waals surface area contributed by atoms with E-state index < -0.39 is 0 Å². The Kier molecular flexibility index (Phi) is 3.07. The quantitative estimate of drug-likeness (QED) is 0.850. The first-order chi connectivity index (χ1) is 8.79. The monoisotopic (exact) mass is 249 g/mol. The van der Waals surface area contributed by atoms with Crippen LogP contribution >= 0.6 is 0 Å². The molecule has 5 nitrogen and oxygen atoms in total. The predicted octanol–water partition coefficient (Wildman–Crippen LogP) is 1.37. The van der Waals surface area contributed by atoms with Gasteiger partial charge < -0.3 is 10.0 Å². The zero-order valence-electron chi connectivity index (χ0n) is 10.4. The second-order valence-corrected chi connectivity index (χ2v) is 5.29. The van der Waals surface area contributed by atoms with Crippen molar-refractivity contribution in [3.05, 3.63) is 17.5 Å². The molecule has 0 radical (unpaired) electrons. The van der Waals surface area contributed by atoms with E-state index in [9.17, 15) is 4.79 Å². The van der Waals surface area contributed by atoms with E-state index in [0.717, 1.165) is 37.9 Å². The second kappa shape index (κ2) is 4.72. The number of carbonyl (C=O) groups is 1. The van der Waals surface area contributed by atoms with E-state index in [4.69, 9.17) is 5.11 Å². The van der Waals surface area contributed by atoms with Gasteiger partial charge in [0.15, 0.2) is 0 Å². The minimum atomic E-state index is -0.0315. The van der Waals surface area contributed by atoms with Crippen LogP contribution in [0.15, 0.2) is 6.07 Å². The SMILES string of the molecule is O=C(C1CCC1)N1CCC[C@@H]1c1cc(CO)[nH]n1. The number of aliphatic hydroxyl groups excluding tert-OH is 1. The fourth-order valence-corrected chi connectivity index (χ4v) is 2.86. The number of likely N-dealkylation sites (tertiary alicyclic amines) is 1. The summed E-state index contributed by atoms with van der Waals surface area (Å²) in [5, 5.41) is 16.1. The highest BCUT2D eigenvalue weighted by Gasteiger charge is 2.37. The van der Waals surface area contributed by atoms with Gasteiger partial charge in [-0.1, -0.05) is 6.42 Å². The maximum Gasteiger partial charge on any atom is 0.226 e. The van der Waals surface area contributed by atoms with Crippen LogP contribution in [0.3, 0.4) is 0 Å². The molecule has 1 atom stereocenters. The van der Waals surface area contributed by atoms with Crippen molar-refractivity contribution in [3.8, 4) is 0 Å². The number of hydrogen-bond donors (Lipinski definition) is 2. The fourth-order valence-electron chi connectivity index (χ4n) is 2.86. The smallest absolute Gasteiger partial charge is 0.226 e. The van der Waals surface area contributed by atoms with Crippen LogP contribution in [-0.4, -0.2) is 32.7 Å². The van der Waals surface area contributed by atoms with Crippen molar-refractivity contribution in [1.82, 2.24) is 15.1 Å². The first-order valence-electron chi connectivity index (χ1n) is 6.75. The van der Waals surface area contributed by atoms with E-state index in [0.29, 0.717) is 11.6 Å². The molecule has 0 spiro atoms. The summed E-state index contributed by atoms with van der Waals surface area (Å²) in [6.07, 6.45) is 5.31. The third-order valence-electron chi connectivity index (χ3n) is 4.15. The van der Waals surface area contributed by atoms with Gasteiger partial charge in [0.25, 0.3) is 0 Å². The number of hydrogen-bond acceptors (Lipinski definition) is 3. The van der Waals surface area contributed by atoms with E-state index in [2.05, 4.69) is 10.2 Å². The van der Waals surface area contributed by atoms with E-state index in [1.165, 1.54) is 6.42 Å².